The lowest BCUT2D eigenvalue weighted by atomic mass is 10.0. The summed E-state index contributed by atoms with van der Waals surface area (Å²) in [7, 11) is 0. The van der Waals surface area contributed by atoms with Gasteiger partial charge in [0.15, 0.2) is 0 Å². The van der Waals surface area contributed by atoms with Crippen LogP contribution in [0.5, 0.6) is 0 Å². The van der Waals surface area contributed by atoms with Gasteiger partial charge in [0.05, 0.1) is 25.4 Å². The maximum absolute atomic E-state index is 12.5. The minimum absolute atomic E-state index is 0.0255. The third-order valence-electron chi connectivity index (χ3n) is 18.7. The lowest BCUT2D eigenvalue weighted by Gasteiger charge is -2.22. The number of hydrogen-bond acceptors (Lipinski definition) is 5. The van der Waals surface area contributed by atoms with Gasteiger partial charge in [-0.25, -0.2) is 0 Å². The van der Waals surface area contributed by atoms with Crippen LogP contribution in [0.3, 0.4) is 0 Å². The maximum Gasteiger partial charge on any atom is 0.305 e. The molecule has 2 atom stereocenters. The summed E-state index contributed by atoms with van der Waals surface area (Å²) in [5.74, 6) is 0.00206. The third-order valence-corrected chi connectivity index (χ3v) is 18.7. The zero-order valence-corrected chi connectivity index (χ0v) is 57.0. The molecule has 0 spiro atoms. The molecule has 6 heteroatoms. The fourth-order valence-electron chi connectivity index (χ4n) is 12.8. The van der Waals surface area contributed by atoms with Gasteiger partial charge in [-0.05, 0) is 25.7 Å². The van der Waals surface area contributed by atoms with Crippen LogP contribution >= 0.6 is 0 Å². The molecule has 0 fully saturated rings. The quantitative estimate of drug-likeness (QED) is 0.0417. The van der Waals surface area contributed by atoms with Crippen molar-refractivity contribution in [3.05, 3.63) is 0 Å². The molecule has 0 aromatic carbocycles. The monoisotopic (exact) mass is 1170 g/mol. The molecule has 0 radical (unpaired) electrons. The SMILES string of the molecule is CCCCCCCCCCCCCCCCCC(=O)OCCCCCCCCCCCCCCCCCCCCCCCCCCCCCCCCCCCCCCCC(=O)NC(CO)C(O)CCCCCCCCCCCCCCCC. The van der Waals surface area contributed by atoms with E-state index in [-0.39, 0.29) is 18.5 Å². The van der Waals surface area contributed by atoms with Crippen molar-refractivity contribution in [1.29, 1.82) is 0 Å². The highest BCUT2D eigenvalue weighted by molar-refractivity contribution is 5.76. The van der Waals surface area contributed by atoms with Crippen molar-refractivity contribution in [2.45, 2.75) is 469 Å². The largest absolute Gasteiger partial charge is 0.466 e. The van der Waals surface area contributed by atoms with Crippen LogP contribution in [0.2, 0.25) is 0 Å². The fourth-order valence-corrected chi connectivity index (χ4v) is 12.8. The number of amides is 1. The summed E-state index contributed by atoms with van der Waals surface area (Å²) < 4.78 is 5.51. The molecule has 83 heavy (non-hydrogen) atoms. The summed E-state index contributed by atoms with van der Waals surface area (Å²) in [5, 5.41) is 23.3. The molecule has 3 N–H and O–H groups in total. The number of rotatable bonds is 74. The van der Waals surface area contributed by atoms with Gasteiger partial charge in [0.1, 0.15) is 0 Å². The molecule has 0 saturated heterocycles. The second-order valence-corrected chi connectivity index (χ2v) is 27.1. The van der Waals surface area contributed by atoms with Gasteiger partial charge in [-0.15, -0.1) is 0 Å². The Hall–Kier alpha value is -1.14. The van der Waals surface area contributed by atoms with Crippen LogP contribution in [0.25, 0.3) is 0 Å². The molecule has 0 saturated carbocycles. The molecular weight excluding hydrogens is 1020 g/mol. The average molecular weight is 1170 g/mol. The highest BCUT2D eigenvalue weighted by Crippen LogP contribution is 2.20. The number of aliphatic hydroxyl groups is 2. The summed E-state index contributed by atoms with van der Waals surface area (Å²) in [6.45, 7) is 5.01. The van der Waals surface area contributed by atoms with E-state index in [0.717, 1.165) is 38.5 Å². The number of nitrogens with one attached hydrogen (secondary N) is 1. The van der Waals surface area contributed by atoms with Gasteiger partial charge in [-0.1, -0.05) is 418 Å². The van der Waals surface area contributed by atoms with Crippen LogP contribution in [0.15, 0.2) is 0 Å². The molecule has 2 unspecified atom stereocenters. The molecule has 0 aliphatic heterocycles. The van der Waals surface area contributed by atoms with Crippen molar-refractivity contribution < 1.29 is 24.5 Å². The third kappa shape index (κ3) is 69.8. The maximum atomic E-state index is 12.5. The summed E-state index contributed by atoms with van der Waals surface area (Å²) in [4.78, 5) is 24.6. The molecule has 0 bridgehead atoms. The van der Waals surface area contributed by atoms with Crippen molar-refractivity contribution in [1.82, 2.24) is 5.32 Å². The van der Waals surface area contributed by atoms with Crippen molar-refractivity contribution in [2.75, 3.05) is 13.2 Å². The van der Waals surface area contributed by atoms with Crippen LogP contribution in [-0.2, 0) is 14.3 Å². The van der Waals surface area contributed by atoms with E-state index in [2.05, 4.69) is 19.2 Å². The first kappa shape index (κ1) is 81.9. The number of unbranched alkanes of at least 4 members (excludes halogenated alkanes) is 63. The number of carbonyl (C=O) groups excluding carboxylic acids is 2. The topological polar surface area (TPSA) is 95.9 Å². The number of aliphatic hydroxyl groups excluding tert-OH is 2. The smallest absolute Gasteiger partial charge is 0.305 e. The van der Waals surface area contributed by atoms with E-state index < -0.39 is 12.1 Å². The van der Waals surface area contributed by atoms with Gasteiger partial charge in [-0.3, -0.25) is 9.59 Å². The van der Waals surface area contributed by atoms with Crippen LogP contribution in [0, 0.1) is 0 Å². The Morgan fingerprint density at radius 1 is 0.289 bits per heavy atom. The van der Waals surface area contributed by atoms with E-state index in [9.17, 15) is 19.8 Å². The van der Waals surface area contributed by atoms with Gasteiger partial charge in [-0.2, -0.15) is 0 Å². The van der Waals surface area contributed by atoms with Crippen molar-refractivity contribution in [3.8, 4) is 0 Å². The first-order chi connectivity index (χ1) is 41.0. The normalized spacial score (nSPS) is 12.4. The average Bonchev–Trinajstić information content (AvgIpc) is 3.49. The van der Waals surface area contributed by atoms with E-state index in [1.54, 1.807) is 0 Å². The number of ether oxygens (including phenoxy) is 1. The van der Waals surface area contributed by atoms with E-state index >= 15 is 0 Å². The summed E-state index contributed by atoms with van der Waals surface area (Å²) >= 11 is 0. The Morgan fingerprint density at radius 2 is 0.494 bits per heavy atom. The van der Waals surface area contributed by atoms with Gasteiger partial charge in [0, 0.05) is 12.8 Å². The van der Waals surface area contributed by atoms with Crippen molar-refractivity contribution >= 4 is 11.9 Å². The number of esters is 1. The molecule has 0 aromatic heterocycles. The second-order valence-electron chi connectivity index (χ2n) is 27.1. The summed E-state index contributed by atoms with van der Waals surface area (Å²) in [6.07, 6.45) is 90.6. The number of carbonyl (C=O) groups is 2. The molecule has 0 aromatic rings. The Labute approximate surface area is 521 Å². The van der Waals surface area contributed by atoms with E-state index in [0.29, 0.717) is 25.9 Å². The highest BCUT2D eigenvalue weighted by Gasteiger charge is 2.20. The molecule has 496 valence electrons. The lowest BCUT2D eigenvalue weighted by molar-refractivity contribution is -0.143. The predicted octanol–water partition coefficient (Wildman–Crippen LogP) is 25.3. The van der Waals surface area contributed by atoms with Crippen molar-refractivity contribution in [3.63, 3.8) is 0 Å². The van der Waals surface area contributed by atoms with Crippen LogP contribution < -0.4 is 5.32 Å². The second kappa shape index (κ2) is 73.3. The van der Waals surface area contributed by atoms with Crippen LogP contribution in [0.1, 0.15) is 457 Å². The fraction of sp³-hybridized carbons (Fsp3) is 0.974. The van der Waals surface area contributed by atoms with Crippen LogP contribution in [0.4, 0.5) is 0 Å². The van der Waals surface area contributed by atoms with Crippen LogP contribution in [-0.4, -0.2) is 47.4 Å². The minimum Gasteiger partial charge on any atom is -0.466 e. The summed E-state index contributed by atoms with van der Waals surface area (Å²) in [6, 6.07) is -0.535. The standard InChI is InChI=1S/C77H153NO5/c1-3-5-7-9-11-13-15-17-42-47-51-55-59-63-67-71-77(82)83-72-68-64-60-56-52-48-44-41-39-37-35-33-31-29-27-25-23-21-19-20-22-24-26-28-30-32-34-36-38-40-43-46-50-54-58-62-66-70-76(81)78-74(73-79)75(80)69-65-61-57-53-49-45-18-16-14-12-10-8-6-4-2/h74-75,79-80H,3-73H2,1-2H3,(H,78,81). The Morgan fingerprint density at radius 3 is 0.735 bits per heavy atom. The van der Waals surface area contributed by atoms with E-state index in [1.165, 1.54) is 385 Å². The molecule has 0 aliphatic rings. The predicted molar refractivity (Wildman–Crippen MR) is 366 cm³/mol. The minimum atomic E-state index is -0.658. The zero-order chi connectivity index (χ0) is 59.9. The summed E-state index contributed by atoms with van der Waals surface area (Å²) in [5.41, 5.74) is 0. The Balaban J connectivity index is 3.27. The molecule has 0 aliphatic carbocycles. The zero-order valence-electron chi connectivity index (χ0n) is 57.0. The first-order valence-electron chi connectivity index (χ1n) is 38.8. The highest BCUT2D eigenvalue weighted by atomic mass is 16.5. The molecule has 0 heterocycles. The Kier molecular flexibility index (Phi) is 72.3. The lowest BCUT2D eigenvalue weighted by Crippen LogP contribution is -2.45. The Bertz CT molecular complexity index is 1210. The van der Waals surface area contributed by atoms with E-state index in [1.807, 2.05) is 0 Å². The number of hydrogen-bond donors (Lipinski definition) is 3. The molecule has 0 rings (SSSR count). The van der Waals surface area contributed by atoms with Crippen molar-refractivity contribution in [2.24, 2.45) is 0 Å². The molecule has 6 nitrogen and oxygen atoms in total. The first-order valence-corrected chi connectivity index (χ1v) is 38.8. The van der Waals surface area contributed by atoms with Gasteiger partial charge < -0.3 is 20.3 Å². The van der Waals surface area contributed by atoms with Gasteiger partial charge in [0.25, 0.3) is 0 Å². The molecule has 1 amide bonds. The van der Waals surface area contributed by atoms with Gasteiger partial charge in [0.2, 0.25) is 5.91 Å². The van der Waals surface area contributed by atoms with Gasteiger partial charge >= 0.3 is 5.97 Å². The van der Waals surface area contributed by atoms with E-state index in [4.69, 9.17) is 4.74 Å². The molecular formula is C77H153NO5.